The topological polar surface area (TPSA) is 52.3 Å². The van der Waals surface area contributed by atoms with Gasteiger partial charge in [0.05, 0.1) is 5.56 Å². The zero-order valence-corrected chi connectivity index (χ0v) is 10.9. The lowest BCUT2D eigenvalue weighted by Crippen LogP contribution is -2.23. The van der Waals surface area contributed by atoms with Crippen LogP contribution in [0, 0.1) is 0 Å². The van der Waals surface area contributed by atoms with Crippen molar-refractivity contribution < 1.29 is 9.53 Å². The van der Waals surface area contributed by atoms with E-state index in [4.69, 9.17) is 10.5 Å². The van der Waals surface area contributed by atoms with Crippen molar-refractivity contribution in [3.8, 4) is 0 Å². The largest absolute Gasteiger partial charge is 0.456 e. The average Bonchev–Trinajstić information content (AvgIpc) is 2.26. The highest BCUT2D eigenvalue weighted by molar-refractivity contribution is 6.01. The molecule has 18 heavy (non-hydrogen) atoms. The SMILES string of the molecule is CC(C)(C)OC(=O)c1cc(N)c2ccccc2c1. The number of nitrogens with two attached hydrogens (primary N) is 1. The van der Waals surface area contributed by atoms with Crippen LogP contribution in [0.5, 0.6) is 0 Å². The lowest BCUT2D eigenvalue weighted by molar-refractivity contribution is 0.00698. The molecule has 0 heterocycles. The fourth-order valence-electron chi connectivity index (χ4n) is 1.80. The highest BCUT2D eigenvalue weighted by Gasteiger charge is 2.18. The number of nitrogen functional groups attached to an aromatic ring is 1. The number of benzene rings is 2. The molecular formula is C15H17NO2. The standard InChI is InChI=1S/C15H17NO2/c1-15(2,3)18-14(17)11-8-10-6-4-5-7-12(10)13(16)9-11/h4-9H,16H2,1-3H3. The maximum absolute atomic E-state index is 12.0. The summed E-state index contributed by atoms with van der Waals surface area (Å²) in [5, 5.41) is 1.89. The molecular weight excluding hydrogens is 226 g/mol. The second-order valence-electron chi connectivity index (χ2n) is 5.29. The van der Waals surface area contributed by atoms with Crippen LogP contribution in [0.4, 0.5) is 5.69 Å². The van der Waals surface area contributed by atoms with Crippen LogP contribution < -0.4 is 5.73 Å². The van der Waals surface area contributed by atoms with E-state index in [1.165, 1.54) is 0 Å². The zero-order valence-electron chi connectivity index (χ0n) is 10.9. The van der Waals surface area contributed by atoms with Crippen LogP contribution in [0.25, 0.3) is 10.8 Å². The Morgan fingerprint density at radius 2 is 1.83 bits per heavy atom. The number of hydrogen-bond acceptors (Lipinski definition) is 3. The molecule has 0 aliphatic rings. The summed E-state index contributed by atoms with van der Waals surface area (Å²) in [6, 6.07) is 11.2. The van der Waals surface area contributed by atoms with E-state index in [0.29, 0.717) is 11.3 Å². The van der Waals surface area contributed by atoms with Crippen LogP contribution in [-0.4, -0.2) is 11.6 Å². The molecule has 0 fully saturated rings. The molecule has 0 saturated heterocycles. The molecule has 3 heteroatoms. The molecule has 94 valence electrons. The summed E-state index contributed by atoms with van der Waals surface area (Å²) in [6.07, 6.45) is 0. The molecule has 0 bridgehead atoms. The summed E-state index contributed by atoms with van der Waals surface area (Å²) < 4.78 is 5.33. The predicted molar refractivity (Wildman–Crippen MR) is 73.5 cm³/mol. The van der Waals surface area contributed by atoms with Gasteiger partial charge in [0, 0.05) is 11.1 Å². The van der Waals surface area contributed by atoms with Gasteiger partial charge in [-0.1, -0.05) is 24.3 Å². The van der Waals surface area contributed by atoms with Crippen LogP contribution in [0.1, 0.15) is 31.1 Å². The van der Waals surface area contributed by atoms with Crippen molar-refractivity contribution in [1.82, 2.24) is 0 Å². The Morgan fingerprint density at radius 3 is 2.50 bits per heavy atom. The van der Waals surface area contributed by atoms with E-state index in [9.17, 15) is 4.79 Å². The Morgan fingerprint density at radius 1 is 1.17 bits per heavy atom. The third-order valence-electron chi connectivity index (χ3n) is 2.53. The van der Waals surface area contributed by atoms with E-state index in [2.05, 4.69) is 0 Å². The van der Waals surface area contributed by atoms with Crippen molar-refractivity contribution in [3.05, 3.63) is 42.0 Å². The minimum absolute atomic E-state index is 0.347. The van der Waals surface area contributed by atoms with Crippen molar-refractivity contribution >= 4 is 22.4 Å². The second-order valence-corrected chi connectivity index (χ2v) is 5.29. The summed E-state index contributed by atoms with van der Waals surface area (Å²) in [5.74, 6) is -0.347. The molecule has 2 aromatic carbocycles. The summed E-state index contributed by atoms with van der Waals surface area (Å²) in [5.41, 5.74) is 6.53. The number of ether oxygens (including phenoxy) is 1. The fraction of sp³-hybridized carbons (Fsp3) is 0.267. The van der Waals surface area contributed by atoms with Crippen LogP contribution in [-0.2, 0) is 4.74 Å². The van der Waals surface area contributed by atoms with Gasteiger partial charge >= 0.3 is 5.97 Å². The molecule has 3 nitrogen and oxygen atoms in total. The molecule has 0 aromatic heterocycles. The van der Waals surface area contributed by atoms with E-state index in [0.717, 1.165) is 10.8 Å². The van der Waals surface area contributed by atoms with Crippen LogP contribution in [0.3, 0.4) is 0 Å². The third kappa shape index (κ3) is 2.62. The van der Waals surface area contributed by atoms with E-state index in [1.54, 1.807) is 12.1 Å². The van der Waals surface area contributed by atoms with Crippen molar-refractivity contribution in [2.45, 2.75) is 26.4 Å². The number of anilines is 1. The van der Waals surface area contributed by atoms with Gasteiger partial charge in [-0.3, -0.25) is 0 Å². The second kappa shape index (κ2) is 4.33. The molecule has 0 radical (unpaired) electrons. The van der Waals surface area contributed by atoms with Crippen molar-refractivity contribution in [3.63, 3.8) is 0 Å². The van der Waals surface area contributed by atoms with Crippen LogP contribution in [0.15, 0.2) is 36.4 Å². The minimum Gasteiger partial charge on any atom is -0.456 e. The quantitative estimate of drug-likeness (QED) is 0.617. The maximum Gasteiger partial charge on any atom is 0.338 e. The van der Waals surface area contributed by atoms with E-state index < -0.39 is 5.60 Å². The molecule has 2 rings (SSSR count). The zero-order chi connectivity index (χ0) is 13.3. The Balaban J connectivity index is 2.44. The average molecular weight is 243 g/mol. The number of fused-ring (bicyclic) bond motifs is 1. The lowest BCUT2D eigenvalue weighted by Gasteiger charge is -2.19. The molecule has 0 unspecified atom stereocenters. The number of carbonyl (C=O) groups is 1. The molecule has 0 atom stereocenters. The van der Waals surface area contributed by atoms with E-state index in [-0.39, 0.29) is 5.97 Å². The maximum atomic E-state index is 12.0. The van der Waals surface area contributed by atoms with Crippen LogP contribution in [0.2, 0.25) is 0 Å². The molecule has 0 aliphatic carbocycles. The highest BCUT2D eigenvalue weighted by Crippen LogP contribution is 2.24. The van der Waals surface area contributed by atoms with Gasteiger partial charge in [0.1, 0.15) is 5.60 Å². The first kappa shape index (κ1) is 12.4. The van der Waals surface area contributed by atoms with Gasteiger partial charge in [0.25, 0.3) is 0 Å². The highest BCUT2D eigenvalue weighted by atomic mass is 16.6. The molecule has 2 aromatic rings. The van der Waals surface area contributed by atoms with Gasteiger partial charge in [-0.25, -0.2) is 4.79 Å². The first-order chi connectivity index (χ1) is 8.37. The molecule has 0 amide bonds. The molecule has 0 aliphatic heterocycles. The summed E-state index contributed by atoms with van der Waals surface area (Å²) in [6.45, 7) is 5.53. The molecule has 0 spiro atoms. The van der Waals surface area contributed by atoms with Crippen LogP contribution >= 0.6 is 0 Å². The Kier molecular flexibility index (Phi) is 2.99. The third-order valence-corrected chi connectivity index (χ3v) is 2.53. The number of carbonyl (C=O) groups excluding carboxylic acids is 1. The first-order valence-electron chi connectivity index (χ1n) is 5.88. The first-order valence-corrected chi connectivity index (χ1v) is 5.88. The molecule has 2 N–H and O–H groups in total. The van der Waals surface area contributed by atoms with Gasteiger partial charge in [0.15, 0.2) is 0 Å². The normalized spacial score (nSPS) is 11.5. The van der Waals surface area contributed by atoms with E-state index >= 15 is 0 Å². The number of esters is 1. The van der Waals surface area contributed by atoms with Gasteiger partial charge in [-0.2, -0.15) is 0 Å². The Bertz CT molecular complexity index is 597. The van der Waals surface area contributed by atoms with Gasteiger partial charge in [-0.15, -0.1) is 0 Å². The predicted octanol–water partition coefficient (Wildman–Crippen LogP) is 3.38. The van der Waals surface area contributed by atoms with Crippen molar-refractivity contribution in [2.24, 2.45) is 0 Å². The van der Waals surface area contributed by atoms with Gasteiger partial charge in [-0.05, 0) is 38.3 Å². The summed E-state index contributed by atoms with van der Waals surface area (Å²) in [4.78, 5) is 12.0. The summed E-state index contributed by atoms with van der Waals surface area (Å²) in [7, 11) is 0. The van der Waals surface area contributed by atoms with Gasteiger partial charge in [0.2, 0.25) is 0 Å². The Hall–Kier alpha value is -2.03. The number of hydrogen-bond donors (Lipinski definition) is 1. The minimum atomic E-state index is -0.502. The fourth-order valence-corrected chi connectivity index (χ4v) is 1.80. The van der Waals surface area contributed by atoms with Crippen molar-refractivity contribution in [1.29, 1.82) is 0 Å². The van der Waals surface area contributed by atoms with Gasteiger partial charge < -0.3 is 10.5 Å². The van der Waals surface area contributed by atoms with Crippen molar-refractivity contribution in [2.75, 3.05) is 5.73 Å². The monoisotopic (exact) mass is 243 g/mol. The smallest absolute Gasteiger partial charge is 0.338 e. The molecule has 0 saturated carbocycles. The summed E-state index contributed by atoms with van der Waals surface area (Å²) >= 11 is 0. The lowest BCUT2D eigenvalue weighted by atomic mass is 10.0. The number of rotatable bonds is 1. The van der Waals surface area contributed by atoms with E-state index in [1.807, 2.05) is 45.0 Å². The Labute approximate surface area is 107 Å².